The first kappa shape index (κ1) is 20.3. The van der Waals surface area contributed by atoms with E-state index in [1.165, 1.54) is 0 Å². The Morgan fingerprint density at radius 3 is 2.31 bits per heavy atom. The fourth-order valence-electron chi connectivity index (χ4n) is 2.80. The van der Waals surface area contributed by atoms with Gasteiger partial charge in [-0.05, 0) is 45.0 Å². The molecule has 0 amide bonds. The van der Waals surface area contributed by atoms with E-state index in [-0.39, 0.29) is 6.10 Å². The number of ether oxygens (including phenoxy) is 3. The maximum absolute atomic E-state index is 5.87. The van der Waals surface area contributed by atoms with Gasteiger partial charge in [-0.25, -0.2) is 4.98 Å². The van der Waals surface area contributed by atoms with Gasteiger partial charge >= 0.3 is 0 Å². The highest BCUT2D eigenvalue weighted by atomic mass is 16.5. The van der Waals surface area contributed by atoms with Gasteiger partial charge in [0.2, 0.25) is 5.95 Å². The molecule has 0 aliphatic carbocycles. The second-order valence-corrected chi connectivity index (χ2v) is 6.70. The molecule has 1 heterocycles. The Morgan fingerprint density at radius 1 is 0.828 bits per heavy atom. The average Bonchev–Trinajstić information content (AvgIpc) is 2.68. The van der Waals surface area contributed by atoms with Crippen LogP contribution in [0.4, 0.5) is 23.1 Å². The van der Waals surface area contributed by atoms with Crippen molar-refractivity contribution in [3.05, 3.63) is 54.2 Å². The maximum atomic E-state index is 5.87. The molecule has 29 heavy (non-hydrogen) atoms. The van der Waals surface area contributed by atoms with Gasteiger partial charge in [-0.1, -0.05) is 12.1 Å². The van der Waals surface area contributed by atoms with Crippen LogP contribution in [-0.2, 0) is 0 Å². The number of hydrogen-bond donors (Lipinski definition) is 2. The number of methoxy groups -OCH3 is 2. The van der Waals surface area contributed by atoms with E-state index in [1.807, 2.05) is 69.3 Å². The van der Waals surface area contributed by atoms with Crippen molar-refractivity contribution in [2.24, 2.45) is 0 Å². The molecule has 0 bridgehead atoms. The van der Waals surface area contributed by atoms with E-state index >= 15 is 0 Å². The van der Waals surface area contributed by atoms with Crippen LogP contribution in [0.15, 0.2) is 48.5 Å². The van der Waals surface area contributed by atoms with Gasteiger partial charge in [0, 0.05) is 23.5 Å². The van der Waals surface area contributed by atoms with Crippen molar-refractivity contribution >= 4 is 23.1 Å². The van der Waals surface area contributed by atoms with E-state index in [4.69, 9.17) is 14.2 Å². The molecule has 7 nitrogen and oxygen atoms in total. The first-order valence-electron chi connectivity index (χ1n) is 9.36. The van der Waals surface area contributed by atoms with E-state index in [0.717, 1.165) is 22.8 Å². The lowest BCUT2D eigenvalue weighted by Crippen LogP contribution is -2.08. The number of para-hydroxylation sites is 2. The summed E-state index contributed by atoms with van der Waals surface area (Å²) in [5.74, 6) is 3.20. The number of benzene rings is 2. The third-order valence-electron chi connectivity index (χ3n) is 4.01. The Labute approximate surface area is 171 Å². The number of hydrogen-bond acceptors (Lipinski definition) is 7. The minimum absolute atomic E-state index is 0.0763. The smallest absolute Gasteiger partial charge is 0.229 e. The summed E-state index contributed by atoms with van der Waals surface area (Å²) in [5, 5.41) is 6.54. The normalized spacial score (nSPS) is 10.6. The molecule has 3 rings (SSSR count). The minimum atomic E-state index is 0.0763. The number of nitrogens with zero attached hydrogens (tertiary/aromatic N) is 2. The Bertz CT molecular complexity index is 976. The van der Waals surface area contributed by atoms with Gasteiger partial charge < -0.3 is 24.8 Å². The van der Waals surface area contributed by atoms with E-state index in [2.05, 4.69) is 20.6 Å². The van der Waals surface area contributed by atoms with E-state index in [1.54, 1.807) is 14.2 Å². The lowest BCUT2D eigenvalue weighted by molar-refractivity contribution is 0.244. The van der Waals surface area contributed by atoms with Crippen molar-refractivity contribution in [2.75, 3.05) is 24.9 Å². The van der Waals surface area contributed by atoms with E-state index in [0.29, 0.717) is 23.3 Å². The molecule has 7 heteroatoms. The molecule has 0 saturated carbocycles. The highest BCUT2D eigenvalue weighted by molar-refractivity contribution is 5.66. The topological polar surface area (TPSA) is 77.5 Å². The Morgan fingerprint density at radius 2 is 1.59 bits per heavy atom. The van der Waals surface area contributed by atoms with Crippen molar-refractivity contribution in [1.29, 1.82) is 0 Å². The molecule has 0 aliphatic rings. The lowest BCUT2D eigenvalue weighted by atomic mass is 10.2. The van der Waals surface area contributed by atoms with Crippen LogP contribution in [0.3, 0.4) is 0 Å². The van der Waals surface area contributed by atoms with Gasteiger partial charge in [0.1, 0.15) is 11.6 Å². The van der Waals surface area contributed by atoms with Crippen LogP contribution in [0.5, 0.6) is 17.2 Å². The average molecular weight is 394 g/mol. The lowest BCUT2D eigenvalue weighted by Gasteiger charge is -2.16. The number of anilines is 4. The summed E-state index contributed by atoms with van der Waals surface area (Å²) in [5.41, 5.74) is 2.46. The standard InChI is InChI=1S/C22H26N4O3/c1-14(2)29-18-9-7-6-8-17(18)25-21-12-15(3)23-22(26-21)24-16-10-11-19(27-4)20(13-16)28-5/h6-14H,1-5H3,(H2,23,24,25,26). The zero-order valence-corrected chi connectivity index (χ0v) is 17.3. The molecule has 0 unspecified atom stereocenters. The predicted molar refractivity (Wildman–Crippen MR) is 115 cm³/mol. The second-order valence-electron chi connectivity index (χ2n) is 6.70. The zero-order valence-electron chi connectivity index (χ0n) is 17.3. The third kappa shape index (κ3) is 5.28. The van der Waals surface area contributed by atoms with Crippen molar-refractivity contribution in [3.63, 3.8) is 0 Å². The zero-order chi connectivity index (χ0) is 20.8. The number of nitrogens with one attached hydrogen (secondary N) is 2. The number of aryl methyl sites for hydroxylation is 1. The molecule has 0 saturated heterocycles. The third-order valence-corrected chi connectivity index (χ3v) is 4.01. The van der Waals surface area contributed by atoms with E-state index < -0.39 is 0 Å². The Balaban J connectivity index is 1.84. The van der Waals surface area contributed by atoms with Crippen molar-refractivity contribution < 1.29 is 14.2 Å². The molecule has 0 spiro atoms. The fourth-order valence-corrected chi connectivity index (χ4v) is 2.80. The molecule has 152 valence electrons. The maximum Gasteiger partial charge on any atom is 0.229 e. The van der Waals surface area contributed by atoms with Crippen LogP contribution in [0, 0.1) is 6.92 Å². The van der Waals surface area contributed by atoms with Gasteiger partial charge in [0.05, 0.1) is 26.0 Å². The fraction of sp³-hybridized carbons (Fsp3) is 0.273. The van der Waals surface area contributed by atoms with Crippen molar-refractivity contribution in [2.45, 2.75) is 26.9 Å². The second kappa shape index (κ2) is 9.14. The molecule has 3 aromatic rings. The summed E-state index contributed by atoms with van der Waals surface area (Å²) in [7, 11) is 3.21. The first-order chi connectivity index (χ1) is 14.0. The largest absolute Gasteiger partial charge is 0.493 e. The summed E-state index contributed by atoms with van der Waals surface area (Å²) in [6, 6.07) is 15.2. The van der Waals surface area contributed by atoms with Gasteiger partial charge in [-0.3, -0.25) is 0 Å². The predicted octanol–water partition coefficient (Wildman–Crippen LogP) is 5.08. The summed E-state index contributed by atoms with van der Waals surface area (Å²) in [6.07, 6.45) is 0.0763. The minimum Gasteiger partial charge on any atom is -0.493 e. The molecular weight excluding hydrogens is 368 g/mol. The molecule has 0 atom stereocenters. The van der Waals surface area contributed by atoms with Gasteiger partial charge in [-0.2, -0.15) is 4.98 Å². The molecule has 2 aromatic carbocycles. The van der Waals surface area contributed by atoms with Crippen molar-refractivity contribution in [3.8, 4) is 17.2 Å². The molecule has 0 aliphatic heterocycles. The van der Waals surface area contributed by atoms with Gasteiger partial charge in [-0.15, -0.1) is 0 Å². The summed E-state index contributed by atoms with van der Waals surface area (Å²) >= 11 is 0. The number of aromatic nitrogens is 2. The summed E-state index contributed by atoms with van der Waals surface area (Å²) < 4.78 is 16.5. The monoisotopic (exact) mass is 394 g/mol. The quantitative estimate of drug-likeness (QED) is 0.552. The summed E-state index contributed by atoms with van der Waals surface area (Å²) in [6.45, 7) is 5.91. The molecule has 0 radical (unpaired) electrons. The highest BCUT2D eigenvalue weighted by Crippen LogP contribution is 2.31. The Kier molecular flexibility index (Phi) is 6.39. The van der Waals surface area contributed by atoms with Crippen LogP contribution in [0.25, 0.3) is 0 Å². The molecule has 2 N–H and O–H groups in total. The SMILES string of the molecule is COc1ccc(Nc2nc(C)cc(Nc3ccccc3OC(C)C)n2)cc1OC. The van der Waals surface area contributed by atoms with Gasteiger partial charge in [0.15, 0.2) is 11.5 Å². The highest BCUT2D eigenvalue weighted by Gasteiger charge is 2.10. The number of rotatable bonds is 8. The van der Waals surface area contributed by atoms with Gasteiger partial charge in [0.25, 0.3) is 0 Å². The van der Waals surface area contributed by atoms with Crippen LogP contribution in [0.1, 0.15) is 19.5 Å². The van der Waals surface area contributed by atoms with Crippen LogP contribution >= 0.6 is 0 Å². The van der Waals surface area contributed by atoms with E-state index in [9.17, 15) is 0 Å². The van der Waals surface area contributed by atoms with Crippen LogP contribution < -0.4 is 24.8 Å². The molecular formula is C22H26N4O3. The van der Waals surface area contributed by atoms with Crippen LogP contribution in [-0.4, -0.2) is 30.3 Å². The molecule has 1 aromatic heterocycles. The molecule has 0 fully saturated rings. The summed E-state index contributed by atoms with van der Waals surface area (Å²) in [4.78, 5) is 9.06. The van der Waals surface area contributed by atoms with Crippen LogP contribution in [0.2, 0.25) is 0 Å². The first-order valence-corrected chi connectivity index (χ1v) is 9.36. The Hall–Kier alpha value is -3.48. The van der Waals surface area contributed by atoms with Crippen molar-refractivity contribution in [1.82, 2.24) is 9.97 Å².